The van der Waals surface area contributed by atoms with Gasteiger partial charge in [-0.15, -0.1) is 0 Å². The van der Waals surface area contributed by atoms with Crippen LogP contribution in [0, 0.1) is 13.0 Å². The monoisotopic (exact) mass is 175 g/mol. The average Bonchev–Trinajstić information content (AvgIpc) is 2.54. The average molecular weight is 175 g/mol. The number of hydrogen-bond donors (Lipinski definition) is 0. The maximum atomic E-state index is 4.20. The molecule has 59 valence electrons. The predicted molar refractivity (Wildman–Crippen MR) is 48.9 cm³/mol. The zero-order valence-electron chi connectivity index (χ0n) is 6.61. The van der Waals surface area contributed by atoms with Gasteiger partial charge in [0, 0.05) is 12.3 Å². The van der Waals surface area contributed by atoms with Gasteiger partial charge in [-0.3, -0.25) is 4.98 Å². The quantitative estimate of drug-likeness (QED) is 0.664. The molecule has 0 aliphatic rings. The van der Waals surface area contributed by atoms with Crippen molar-refractivity contribution in [2.45, 2.75) is 6.92 Å². The van der Waals surface area contributed by atoms with Crippen molar-refractivity contribution in [2.75, 3.05) is 0 Å². The zero-order chi connectivity index (χ0) is 8.39. The largest absolute Gasteiger partial charge is 0.255 e. The molecule has 2 heterocycles. The van der Waals surface area contributed by atoms with E-state index < -0.39 is 0 Å². The SMILES string of the molecule is Cc1[c]c(-c2ccccn2)sn1. The van der Waals surface area contributed by atoms with Gasteiger partial charge in [-0.25, -0.2) is 0 Å². The summed E-state index contributed by atoms with van der Waals surface area (Å²) in [6, 6.07) is 8.96. The highest BCUT2D eigenvalue weighted by Gasteiger charge is 2.01. The van der Waals surface area contributed by atoms with E-state index in [2.05, 4.69) is 15.4 Å². The van der Waals surface area contributed by atoms with E-state index in [1.165, 1.54) is 11.5 Å². The van der Waals surface area contributed by atoms with Crippen molar-refractivity contribution in [3.05, 3.63) is 36.2 Å². The van der Waals surface area contributed by atoms with Gasteiger partial charge in [-0.1, -0.05) is 6.07 Å². The van der Waals surface area contributed by atoms with E-state index >= 15 is 0 Å². The van der Waals surface area contributed by atoms with Gasteiger partial charge in [0.25, 0.3) is 0 Å². The normalized spacial score (nSPS) is 10.1. The van der Waals surface area contributed by atoms with Crippen molar-refractivity contribution in [2.24, 2.45) is 0 Å². The van der Waals surface area contributed by atoms with Crippen molar-refractivity contribution in [1.82, 2.24) is 9.36 Å². The molecular formula is C9H7N2S. The third-order valence-corrected chi connectivity index (χ3v) is 2.32. The first kappa shape index (κ1) is 7.43. The summed E-state index contributed by atoms with van der Waals surface area (Å²) in [5, 5.41) is 0. The number of hydrogen-bond acceptors (Lipinski definition) is 3. The molecule has 3 heteroatoms. The first-order chi connectivity index (χ1) is 5.86. The molecule has 0 atom stereocenters. The number of aryl methyl sites for hydroxylation is 1. The van der Waals surface area contributed by atoms with E-state index in [1.54, 1.807) is 6.20 Å². The Kier molecular flexibility index (Phi) is 1.87. The minimum absolute atomic E-state index is 0.931. The van der Waals surface area contributed by atoms with Gasteiger partial charge in [0.05, 0.1) is 16.3 Å². The van der Waals surface area contributed by atoms with E-state index in [-0.39, 0.29) is 0 Å². The van der Waals surface area contributed by atoms with Crippen LogP contribution in [-0.2, 0) is 0 Å². The van der Waals surface area contributed by atoms with Gasteiger partial charge in [0.2, 0.25) is 0 Å². The lowest BCUT2D eigenvalue weighted by molar-refractivity contribution is 1.32. The van der Waals surface area contributed by atoms with Crippen molar-refractivity contribution in [3.63, 3.8) is 0 Å². The second-order valence-electron chi connectivity index (χ2n) is 2.44. The summed E-state index contributed by atoms with van der Waals surface area (Å²) in [7, 11) is 0. The minimum atomic E-state index is 0.931. The van der Waals surface area contributed by atoms with E-state index in [1.807, 2.05) is 25.1 Å². The van der Waals surface area contributed by atoms with Crippen LogP contribution in [0.3, 0.4) is 0 Å². The Morgan fingerprint density at radius 3 is 2.92 bits per heavy atom. The fourth-order valence-electron chi connectivity index (χ4n) is 0.932. The number of aromatic nitrogens is 2. The summed E-state index contributed by atoms with van der Waals surface area (Å²) in [6.07, 6.45) is 1.78. The molecule has 2 aromatic rings. The molecule has 2 rings (SSSR count). The van der Waals surface area contributed by atoms with Crippen molar-refractivity contribution in [3.8, 4) is 10.6 Å². The maximum absolute atomic E-state index is 4.20. The Morgan fingerprint density at radius 2 is 2.33 bits per heavy atom. The molecule has 2 aromatic heterocycles. The minimum Gasteiger partial charge on any atom is -0.255 e. The molecule has 0 saturated heterocycles. The molecule has 0 aromatic carbocycles. The molecule has 0 aliphatic carbocycles. The standard InChI is InChI=1S/C9H7N2S/c1-7-6-9(12-11-7)8-4-2-3-5-10-8/h2-5H,1H3. The molecule has 0 bridgehead atoms. The first-order valence-corrected chi connectivity index (χ1v) is 4.40. The van der Waals surface area contributed by atoms with E-state index in [4.69, 9.17) is 0 Å². The first-order valence-electron chi connectivity index (χ1n) is 3.63. The predicted octanol–water partition coefficient (Wildman–Crippen LogP) is 2.31. The summed E-state index contributed by atoms with van der Waals surface area (Å²) in [6.45, 7) is 1.93. The molecule has 0 amide bonds. The molecule has 0 aliphatic heterocycles. The third kappa shape index (κ3) is 1.36. The smallest absolute Gasteiger partial charge is 0.0824 e. The summed E-state index contributed by atoms with van der Waals surface area (Å²) in [5.41, 5.74) is 1.88. The fraction of sp³-hybridized carbons (Fsp3) is 0.111. The van der Waals surface area contributed by atoms with E-state index in [0.717, 1.165) is 16.3 Å². The molecule has 0 N–H and O–H groups in total. The van der Waals surface area contributed by atoms with E-state index in [0.29, 0.717) is 0 Å². The third-order valence-electron chi connectivity index (χ3n) is 1.47. The van der Waals surface area contributed by atoms with Crippen LogP contribution in [-0.4, -0.2) is 9.36 Å². The van der Waals surface area contributed by atoms with Crippen molar-refractivity contribution >= 4 is 11.5 Å². The topological polar surface area (TPSA) is 25.8 Å². The summed E-state index contributed by atoms with van der Waals surface area (Å²) in [4.78, 5) is 5.21. The number of nitrogens with zero attached hydrogens (tertiary/aromatic N) is 2. The van der Waals surface area contributed by atoms with Gasteiger partial charge in [-0.05, 0) is 30.6 Å². The lowest BCUT2D eigenvalue weighted by Gasteiger charge is -1.90. The maximum Gasteiger partial charge on any atom is 0.0824 e. The Balaban J connectivity index is 2.45. The second-order valence-corrected chi connectivity index (χ2v) is 3.21. The van der Waals surface area contributed by atoms with Crippen molar-refractivity contribution < 1.29 is 0 Å². The van der Waals surface area contributed by atoms with Gasteiger partial charge >= 0.3 is 0 Å². The van der Waals surface area contributed by atoms with Gasteiger partial charge < -0.3 is 0 Å². The lowest BCUT2D eigenvalue weighted by Crippen LogP contribution is -1.76. The molecule has 12 heavy (non-hydrogen) atoms. The van der Waals surface area contributed by atoms with E-state index in [9.17, 15) is 0 Å². The van der Waals surface area contributed by atoms with Crippen LogP contribution in [0.2, 0.25) is 0 Å². The lowest BCUT2D eigenvalue weighted by atomic mass is 10.3. The van der Waals surface area contributed by atoms with Gasteiger partial charge in [0.15, 0.2) is 0 Å². The van der Waals surface area contributed by atoms with Crippen LogP contribution >= 0.6 is 11.5 Å². The summed E-state index contributed by atoms with van der Waals surface area (Å²) >= 11 is 1.43. The summed E-state index contributed by atoms with van der Waals surface area (Å²) in [5.74, 6) is 0. The zero-order valence-corrected chi connectivity index (χ0v) is 7.43. The number of pyridine rings is 1. The Morgan fingerprint density at radius 1 is 1.42 bits per heavy atom. The van der Waals surface area contributed by atoms with Crippen LogP contribution in [0.15, 0.2) is 24.4 Å². The molecule has 1 radical (unpaired) electrons. The van der Waals surface area contributed by atoms with Crippen molar-refractivity contribution in [1.29, 1.82) is 0 Å². The van der Waals surface area contributed by atoms with Crippen LogP contribution in [0.1, 0.15) is 5.69 Å². The number of rotatable bonds is 1. The molecule has 0 spiro atoms. The molecule has 0 fully saturated rings. The summed E-state index contributed by atoms with van der Waals surface area (Å²) < 4.78 is 4.14. The van der Waals surface area contributed by atoms with Gasteiger partial charge in [0.1, 0.15) is 0 Å². The Hall–Kier alpha value is -1.22. The Labute approximate surface area is 75.1 Å². The molecule has 0 unspecified atom stereocenters. The molecule has 0 saturated carbocycles. The second kappa shape index (κ2) is 3.03. The van der Waals surface area contributed by atoms with Crippen LogP contribution < -0.4 is 0 Å². The highest BCUT2D eigenvalue weighted by atomic mass is 32.1. The molecule has 2 nitrogen and oxygen atoms in total. The Bertz CT molecular complexity index is 367. The highest BCUT2D eigenvalue weighted by molar-refractivity contribution is 7.09. The highest BCUT2D eigenvalue weighted by Crippen LogP contribution is 2.20. The fourth-order valence-corrected chi connectivity index (χ4v) is 1.61. The van der Waals surface area contributed by atoms with Crippen LogP contribution in [0.4, 0.5) is 0 Å². The van der Waals surface area contributed by atoms with Gasteiger partial charge in [-0.2, -0.15) is 4.37 Å². The van der Waals surface area contributed by atoms with Crippen LogP contribution in [0.25, 0.3) is 10.6 Å². The van der Waals surface area contributed by atoms with Crippen LogP contribution in [0.5, 0.6) is 0 Å². The molecular weight excluding hydrogens is 168 g/mol.